The fourth-order valence-corrected chi connectivity index (χ4v) is 2.97. The standard InChI is InChI=1S/C13H13N3O2S/c17-13(18)11-5-4-10(19-11)9-3-6-12(15-14-9)16-7-1-2-8-16/h3-6H,1-2,7-8H2,(H,17,18). The molecule has 0 aromatic carbocycles. The average molecular weight is 275 g/mol. The zero-order valence-electron chi connectivity index (χ0n) is 10.2. The lowest BCUT2D eigenvalue weighted by Gasteiger charge is -2.14. The molecule has 2 aromatic heterocycles. The Labute approximate surface area is 114 Å². The number of rotatable bonds is 3. The van der Waals surface area contributed by atoms with Gasteiger partial charge >= 0.3 is 5.97 Å². The number of aromatic carboxylic acids is 1. The summed E-state index contributed by atoms with van der Waals surface area (Å²) < 4.78 is 0. The SMILES string of the molecule is O=C(O)c1ccc(-c2ccc(N3CCCC3)nn2)s1. The third-order valence-corrected chi connectivity index (χ3v) is 4.25. The van der Waals surface area contributed by atoms with Crippen molar-refractivity contribution in [1.82, 2.24) is 10.2 Å². The Morgan fingerprint density at radius 3 is 2.53 bits per heavy atom. The highest BCUT2D eigenvalue weighted by atomic mass is 32.1. The third kappa shape index (κ3) is 2.44. The number of thiophene rings is 1. The quantitative estimate of drug-likeness (QED) is 0.932. The van der Waals surface area contributed by atoms with Crippen LogP contribution in [0.5, 0.6) is 0 Å². The minimum Gasteiger partial charge on any atom is -0.477 e. The second-order valence-corrected chi connectivity index (χ2v) is 5.52. The van der Waals surface area contributed by atoms with Crippen molar-refractivity contribution in [1.29, 1.82) is 0 Å². The van der Waals surface area contributed by atoms with Crippen molar-refractivity contribution in [3.63, 3.8) is 0 Å². The Morgan fingerprint density at radius 1 is 1.16 bits per heavy atom. The molecule has 0 amide bonds. The van der Waals surface area contributed by atoms with Crippen LogP contribution in [0.25, 0.3) is 10.6 Å². The summed E-state index contributed by atoms with van der Waals surface area (Å²) in [7, 11) is 0. The van der Waals surface area contributed by atoms with Crippen molar-refractivity contribution in [3.8, 4) is 10.6 Å². The summed E-state index contributed by atoms with van der Waals surface area (Å²) in [5.74, 6) is -0.00541. The van der Waals surface area contributed by atoms with E-state index in [-0.39, 0.29) is 0 Å². The molecule has 2 aromatic rings. The summed E-state index contributed by atoms with van der Waals surface area (Å²) in [5, 5.41) is 17.3. The molecule has 0 saturated carbocycles. The van der Waals surface area contributed by atoms with Crippen molar-refractivity contribution in [2.45, 2.75) is 12.8 Å². The predicted octanol–water partition coefficient (Wildman–Crippen LogP) is 2.50. The zero-order chi connectivity index (χ0) is 13.2. The first-order valence-corrected chi connectivity index (χ1v) is 6.98. The molecule has 1 saturated heterocycles. The first-order valence-electron chi connectivity index (χ1n) is 6.16. The Bertz CT molecular complexity index is 588. The molecule has 0 spiro atoms. The van der Waals surface area contributed by atoms with E-state index in [4.69, 9.17) is 5.11 Å². The molecule has 0 radical (unpaired) electrons. The number of aromatic nitrogens is 2. The molecular weight excluding hydrogens is 262 g/mol. The predicted molar refractivity (Wildman–Crippen MR) is 73.8 cm³/mol. The van der Waals surface area contributed by atoms with E-state index in [1.54, 1.807) is 12.1 Å². The first kappa shape index (κ1) is 12.1. The highest BCUT2D eigenvalue weighted by molar-refractivity contribution is 7.17. The molecule has 0 atom stereocenters. The maximum absolute atomic E-state index is 10.8. The molecular formula is C13H13N3O2S. The number of carboxylic acid groups (broad SMARTS) is 1. The third-order valence-electron chi connectivity index (χ3n) is 3.15. The maximum atomic E-state index is 10.8. The summed E-state index contributed by atoms with van der Waals surface area (Å²) in [6, 6.07) is 7.22. The van der Waals surface area contributed by atoms with Crippen LogP contribution >= 0.6 is 11.3 Å². The lowest BCUT2D eigenvalue weighted by molar-refractivity contribution is 0.0702. The Hall–Kier alpha value is -1.95. The maximum Gasteiger partial charge on any atom is 0.345 e. The molecule has 1 N–H and O–H groups in total. The lowest BCUT2D eigenvalue weighted by Crippen LogP contribution is -2.19. The summed E-state index contributed by atoms with van der Waals surface area (Å²) in [4.78, 5) is 14.2. The molecule has 3 heterocycles. The fraction of sp³-hybridized carbons (Fsp3) is 0.308. The van der Waals surface area contributed by atoms with E-state index < -0.39 is 5.97 Å². The molecule has 0 bridgehead atoms. The highest BCUT2D eigenvalue weighted by Crippen LogP contribution is 2.27. The van der Waals surface area contributed by atoms with Gasteiger partial charge in [0.2, 0.25) is 0 Å². The normalized spacial score (nSPS) is 14.8. The van der Waals surface area contributed by atoms with Gasteiger partial charge in [-0.15, -0.1) is 21.5 Å². The van der Waals surface area contributed by atoms with Gasteiger partial charge in [-0.1, -0.05) is 0 Å². The van der Waals surface area contributed by atoms with Crippen molar-refractivity contribution < 1.29 is 9.90 Å². The smallest absolute Gasteiger partial charge is 0.345 e. The van der Waals surface area contributed by atoms with Crippen LogP contribution in [0.15, 0.2) is 24.3 Å². The van der Waals surface area contributed by atoms with Gasteiger partial charge in [-0.3, -0.25) is 0 Å². The summed E-state index contributed by atoms with van der Waals surface area (Å²) in [6.07, 6.45) is 2.41. The van der Waals surface area contributed by atoms with Crippen LogP contribution in [0.2, 0.25) is 0 Å². The van der Waals surface area contributed by atoms with Crippen LogP contribution < -0.4 is 4.90 Å². The Balaban J connectivity index is 1.82. The summed E-state index contributed by atoms with van der Waals surface area (Å²) >= 11 is 1.22. The van der Waals surface area contributed by atoms with Gasteiger partial charge in [0.05, 0.1) is 4.88 Å². The van der Waals surface area contributed by atoms with E-state index in [0.29, 0.717) is 4.88 Å². The van der Waals surface area contributed by atoms with Crippen molar-refractivity contribution >= 4 is 23.1 Å². The van der Waals surface area contributed by atoms with E-state index in [0.717, 1.165) is 29.5 Å². The minimum atomic E-state index is -0.905. The van der Waals surface area contributed by atoms with E-state index in [1.807, 2.05) is 12.1 Å². The molecule has 98 valence electrons. The molecule has 0 unspecified atom stereocenters. The largest absolute Gasteiger partial charge is 0.477 e. The van der Waals surface area contributed by atoms with Crippen LogP contribution in [0, 0.1) is 0 Å². The van der Waals surface area contributed by atoms with Gasteiger partial charge in [-0.25, -0.2) is 4.79 Å². The second-order valence-electron chi connectivity index (χ2n) is 4.44. The van der Waals surface area contributed by atoms with E-state index in [2.05, 4.69) is 15.1 Å². The molecule has 5 nitrogen and oxygen atoms in total. The van der Waals surface area contributed by atoms with Gasteiger partial charge < -0.3 is 10.0 Å². The molecule has 1 aliphatic heterocycles. The van der Waals surface area contributed by atoms with Gasteiger partial charge in [0.1, 0.15) is 10.6 Å². The molecule has 19 heavy (non-hydrogen) atoms. The number of nitrogens with zero attached hydrogens (tertiary/aromatic N) is 3. The van der Waals surface area contributed by atoms with Gasteiger partial charge in [-0.05, 0) is 37.1 Å². The van der Waals surface area contributed by atoms with Gasteiger partial charge in [0.15, 0.2) is 5.82 Å². The summed E-state index contributed by atoms with van der Waals surface area (Å²) in [6.45, 7) is 2.08. The van der Waals surface area contributed by atoms with Crippen molar-refractivity contribution in [3.05, 3.63) is 29.1 Å². The van der Waals surface area contributed by atoms with Gasteiger partial charge in [0, 0.05) is 13.1 Å². The van der Waals surface area contributed by atoms with Crippen LogP contribution in [-0.2, 0) is 0 Å². The van der Waals surface area contributed by atoms with E-state index >= 15 is 0 Å². The molecule has 1 aliphatic rings. The van der Waals surface area contributed by atoms with E-state index in [1.165, 1.54) is 24.2 Å². The topological polar surface area (TPSA) is 66.3 Å². The monoisotopic (exact) mass is 275 g/mol. The number of anilines is 1. The van der Waals surface area contributed by atoms with Crippen LogP contribution in [-0.4, -0.2) is 34.4 Å². The van der Waals surface area contributed by atoms with Crippen molar-refractivity contribution in [2.75, 3.05) is 18.0 Å². The molecule has 6 heteroatoms. The first-order chi connectivity index (χ1) is 9.24. The fourth-order valence-electron chi connectivity index (χ4n) is 2.16. The van der Waals surface area contributed by atoms with E-state index in [9.17, 15) is 4.79 Å². The summed E-state index contributed by atoms with van der Waals surface area (Å²) in [5.41, 5.74) is 0.723. The number of carbonyl (C=O) groups is 1. The van der Waals surface area contributed by atoms with Gasteiger partial charge in [-0.2, -0.15) is 0 Å². The number of hydrogen-bond donors (Lipinski definition) is 1. The zero-order valence-corrected chi connectivity index (χ0v) is 11.1. The minimum absolute atomic E-state index is 0.320. The number of hydrogen-bond acceptors (Lipinski definition) is 5. The van der Waals surface area contributed by atoms with Gasteiger partial charge in [0.25, 0.3) is 0 Å². The van der Waals surface area contributed by atoms with Crippen LogP contribution in [0.1, 0.15) is 22.5 Å². The second kappa shape index (κ2) is 4.97. The highest BCUT2D eigenvalue weighted by Gasteiger charge is 2.15. The average Bonchev–Trinajstić information content (AvgIpc) is 3.11. The molecule has 3 rings (SSSR count). The Kier molecular flexibility index (Phi) is 3.16. The lowest BCUT2D eigenvalue weighted by atomic mass is 10.3. The number of carboxylic acids is 1. The Morgan fingerprint density at radius 2 is 1.95 bits per heavy atom. The van der Waals surface area contributed by atoms with Crippen LogP contribution in [0.3, 0.4) is 0 Å². The molecule has 1 fully saturated rings. The van der Waals surface area contributed by atoms with Crippen LogP contribution in [0.4, 0.5) is 5.82 Å². The molecule has 0 aliphatic carbocycles. The van der Waals surface area contributed by atoms with Crippen molar-refractivity contribution in [2.24, 2.45) is 0 Å².